The summed E-state index contributed by atoms with van der Waals surface area (Å²) in [5, 5.41) is 12.6. The average Bonchev–Trinajstić information content (AvgIpc) is 3.02. The van der Waals surface area contributed by atoms with Crippen molar-refractivity contribution in [3.05, 3.63) is 35.6 Å². The van der Waals surface area contributed by atoms with Crippen molar-refractivity contribution in [3.8, 4) is 6.07 Å². The van der Waals surface area contributed by atoms with Gasteiger partial charge in [0.25, 0.3) is 5.91 Å². The molecule has 0 aliphatic carbocycles. The number of nitrogens with zero attached hydrogens (tertiary/aromatic N) is 1. The summed E-state index contributed by atoms with van der Waals surface area (Å²) in [7, 11) is 0. The number of fused-ring (bicyclic) bond motifs is 1. The summed E-state index contributed by atoms with van der Waals surface area (Å²) in [5.41, 5.74) is 0.0885. The third kappa shape index (κ3) is 4.66. The summed E-state index contributed by atoms with van der Waals surface area (Å²) in [6.45, 7) is 7.30. The Morgan fingerprint density at radius 3 is 2.67 bits per heavy atom. The van der Waals surface area contributed by atoms with E-state index < -0.39 is 24.0 Å². The molecule has 0 radical (unpaired) electrons. The molecule has 0 aliphatic rings. The van der Waals surface area contributed by atoms with Crippen LogP contribution in [0.4, 0.5) is 0 Å². The number of rotatable bonds is 8. The van der Waals surface area contributed by atoms with Crippen LogP contribution < -0.4 is 5.32 Å². The Balaban J connectivity index is 2.12. The minimum absolute atomic E-state index is 0.0179. The molecule has 27 heavy (non-hydrogen) atoms. The summed E-state index contributed by atoms with van der Waals surface area (Å²) in [6.07, 6.45) is 0. The molecular weight excluding hydrogens is 348 g/mol. The molecule has 1 aromatic heterocycles. The second-order valence-corrected chi connectivity index (χ2v) is 6.64. The van der Waals surface area contributed by atoms with E-state index in [0.717, 1.165) is 5.39 Å². The Hall–Kier alpha value is -2.85. The lowest BCUT2D eigenvalue weighted by molar-refractivity contribution is -0.125. The second kappa shape index (κ2) is 8.69. The quantitative estimate of drug-likeness (QED) is 0.714. The van der Waals surface area contributed by atoms with E-state index in [2.05, 4.69) is 11.4 Å². The second-order valence-electron chi connectivity index (χ2n) is 6.64. The number of para-hydroxylation sites is 1. The Kier molecular flexibility index (Phi) is 6.59. The fourth-order valence-corrected chi connectivity index (χ4v) is 2.43. The normalized spacial score (nSPS) is 13.2. The Labute approximate surface area is 158 Å². The Morgan fingerprint density at radius 2 is 2.04 bits per heavy atom. The van der Waals surface area contributed by atoms with Crippen LogP contribution in [0.2, 0.25) is 0 Å². The van der Waals surface area contributed by atoms with Crippen molar-refractivity contribution in [3.63, 3.8) is 0 Å². The SMILES string of the molecule is CCOCc1c(C(=O)OCC(=O)N[C@](C)(C#N)C(C)C)oc2ccccc12. The van der Waals surface area contributed by atoms with Crippen LogP contribution >= 0.6 is 0 Å². The first kappa shape index (κ1) is 20.5. The van der Waals surface area contributed by atoms with Crippen LogP contribution in [0.25, 0.3) is 11.0 Å². The summed E-state index contributed by atoms with van der Waals surface area (Å²) >= 11 is 0. The molecule has 0 spiro atoms. The molecule has 1 amide bonds. The lowest BCUT2D eigenvalue weighted by Crippen LogP contribution is -2.50. The van der Waals surface area contributed by atoms with E-state index in [0.29, 0.717) is 17.8 Å². The first-order valence-electron chi connectivity index (χ1n) is 8.80. The molecule has 7 nitrogen and oxygen atoms in total. The minimum Gasteiger partial charge on any atom is -0.450 e. The number of nitriles is 1. The number of carbonyl (C=O) groups is 2. The van der Waals surface area contributed by atoms with Crippen molar-refractivity contribution >= 4 is 22.8 Å². The minimum atomic E-state index is -1.04. The highest BCUT2D eigenvalue weighted by atomic mass is 16.5. The highest BCUT2D eigenvalue weighted by molar-refractivity contribution is 5.96. The van der Waals surface area contributed by atoms with Gasteiger partial charge in [-0.2, -0.15) is 5.26 Å². The van der Waals surface area contributed by atoms with Gasteiger partial charge in [-0.25, -0.2) is 4.79 Å². The number of esters is 1. The molecule has 1 atom stereocenters. The van der Waals surface area contributed by atoms with Gasteiger partial charge in [-0.05, 0) is 25.8 Å². The molecule has 0 unspecified atom stereocenters. The van der Waals surface area contributed by atoms with Crippen LogP contribution in [-0.2, 0) is 20.9 Å². The van der Waals surface area contributed by atoms with Crippen molar-refractivity contribution in [2.45, 2.75) is 39.8 Å². The molecule has 7 heteroatoms. The van der Waals surface area contributed by atoms with Crippen LogP contribution in [0.1, 0.15) is 43.8 Å². The van der Waals surface area contributed by atoms with Gasteiger partial charge in [0.2, 0.25) is 5.76 Å². The first-order valence-corrected chi connectivity index (χ1v) is 8.80. The highest BCUT2D eigenvalue weighted by Crippen LogP contribution is 2.27. The summed E-state index contributed by atoms with van der Waals surface area (Å²) in [6, 6.07) is 9.28. The monoisotopic (exact) mass is 372 g/mol. The zero-order chi connectivity index (χ0) is 20.0. The first-order chi connectivity index (χ1) is 12.8. The number of amides is 1. The van der Waals surface area contributed by atoms with Crippen LogP contribution in [-0.4, -0.2) is 30.6 Å². The third-order valence-electron chi connectivity index (χ3n) is 4.45. The zero-order valence-corrected chi connectivity index (χ0v) is 16.0. The molecule has 1 heterocycles. The van der Waals surface area contributed by atoms with Crippen molar-refractivity contribution in [2.24, 2.45) is 5.92 Å². The number of nitrogens with one attached hydrogen (secondary N) is 1. The Bertz CT molecular complexity index is 865. The van der Waals surface area contributed by atoms with Gasteiger partial charge in [0.05, 0.1) is 12.7 Å². The Morgan fingerprint density at radius 1 is 1.33 bits per heavy atom. The molecule has 0 aliphatic heterocycles. The number of hydrogen-bond donors (Lipinski definition) is 1. The van der Waals surface area contributed by atoms with Crippen LogP contribution in [0, 0.1) is 17.2 Å². The van der Waals surface area contributed by atoms with Crippen molar-refractivity contribution in [1.29, 1.82) is 5.26 Å². The van der Waals surface area contributed by atoms with E-state index in [1.165, 1.54) is 0 Å². The maximum Gasteiger partial charge on any atom is 0.375 e. The third-order valence-corrected chi connectivity index (χ3v) is 4.45. The maximum atomic E-state index is 12.5. The average molecular weight is 372 g/mol. The van der Waals surface area contributed by atoms with Gasteiger partial charge in [-0.1, -0.05) is 32.0 Å². The number of benzene rings is 1. The van der Waals surface area contributed by atoms with Crippen molar-refractivity contribution in [1.82, 2.24) is 5.32 Å². The highest BCUT2D eigenvalue weighted by Gasteiger charge is 2.30. The van der Waals surface area contributed by atoms with Gasteiger partial charge in [0.15, 0.2) is 6.61 Å². The van der Waals surface area contributed by atoms with Gasteiger partial charge < -0.3 is 19.2 Å². The molecule has 2 aromatic rings. The molecule has 0 fully saturated rings. The summed E-state index contributed by atoms with van der Waals surface area (Å²) in [5.74, 6) is -1.39. The lowest BCUT2D eigenvalue weighted by Gasteiger charge is -2.27. The molecule has 1 aromatic carbocycles. The van der Waals surface area contributed by atoms with Gasteiger partial charge >= 0.3 is 5.97 Å². The van der Waals surface area contributed by atoms with E-state index in [1.54, 1.807) is 19.1 Å². The van der Waals surface area contributed by atoms with E-state index in [-0.39, 0.29) is 18.3 Å². The lowest BCUT2D eigenvalue weighted by atomic mass is 9.90. The van der Waals surface area contributed by atoms with E-state index in [9.17, 15) is 14.9 Å². The van der Waals surface area contributed by atoms with E-state index >= 15 is 0 Å². The zero-order valence-electron chi connectivity index (χ0n) is 16.0. The van der Waals surface area contributed by atoms with Gasteiger partial charge in [-0.3, -0.25) is 4.79 Å². The number of ether oxygens (including phenoxy) is 2. The molecular formula is C20H24N2O5. The van der Waals surface area contributed by atoms with Gasteiger partial charge in [0.1, 0.15) is 11.1 Å². The fraction of sp³-hybridized carbons (Fsp3) is 0.450. The number of carbonyl (C=O) groups excluding carboxylic acids is 2. The van der Waals surface area contributed by atoms with E-state index in [4.69, 9.17) is 13.9 Å². The predicted octanol–water partition coefficient (Wildman–Crippen LogP) is 3.18. The van der Waals surface area contributed by atoms with Crippen LogP contribution in [0.15, 0.2) is 28.7 Å². The molecule has 1 N–H and O–H groups in total. The largest absolute Gasteiger partial charge is 0.450 e. The fourth-order valence-electron chi connectivity index (χ4n) is 2.43. The molecule has 0 bridgehead atoms. The van der Waals surface area contributed by atoms with Crippen LogP contribution in [0.3, 0.4) is 0 Å². The molecule has 2 rings (SSSR count). The van der Waals surface area contributed by atoms with Crippen molar-refractivity contribution < 1.29 is 23.5 Å². The smallest absolute Gasteiger partial charge is 0.375 e. The van der Waals surface area contributed by atoms with Crippen molar-refractivity contribution in [2.75, 3.05) is 13.2 Å². The van der Waals surface area contributed by atoms with Gasteiger partial charge in [0, 0.05) is 17.6 Å². The molecule has 0 saturated heterocycles. The van der Waals surface area contributed by atoms with E-state index in [1.807, 2.05) is 32.9 Å². The molecule has 144 valence electrons. The molecule has 0 saturated carbocycles. The predicted molar refractivity (Wildman–Crippen MR) is 98.8 cm³/mol. The number of hydrogen-bond acceptors (Lipinski definition) is 6. The topological polar surface area (TPSA) is 102 Å². The summed E-state index contributed by atoms with van der Waals surface area (Å²) < 4.78 is 16.1. The van der Waals surface area contributed by atoms with Crippen LogP contribution in [0.5, 0.6) is 0 Å². The summed E-state index contributed by atoms with van der Waals surface area (Å²) in [4.78, 5) is 24.5. The maximum absolute atomic E-state index is 12.5. The number of furan rings is 1. The standard InChI is InChI=1S/C20H24N2O5/c1-5-25-10-15-14-8-6-7-9-16(14)27-18(15)19(24)26-11-17(23)22-20(4,12-21)13(2)3/h6-9,13H,5,10-11H2,1-4H3,(H,22,23)/t20-/m1/s1. The van der Waals surface area contributed by atoms with Gasteiger partial charge in [-0.15, -0.1) is 0 Å².